The fourth-order valence-corrected chi connectivity index (χ4v) is 2.37. The first kappa shape index (κ1) is 16.4. The SMILES string of the molecule is CNc1ccc(F)c(-c2nc(-c3cc(C(=O)O)ccc3NC)no2)c1. The number of benzene rings is 2. The van der Waals surface area contributed by atoms with Gasteiger partial charge in [-0.05, 0) is 36.4 Å². The van der Waals surface area contributed by atoms with Crippen LogP contribution in [-0.4, -0.2) is 35.3 Å². The summed E-state index contributed by atoms with van der Waals surface area (Å²) >= 11 is 0. The number of anilines is 2. The largest absolute Gasteiger partial charge is 0.478 e. The second-order valence-corrected chi connectivity index (χ2v) is 5.18. The average molecular weight is 342 g/mol. The second kappa shape index (κ2) is 6.60. The standard InChI is InChI=1S/C17H15FN4O3/c1-19-10-4-5-13(18)11(8-10)16-21-15(22-25-16)12-7-9(17(23)24)3-6-14(12)20-2/h3-8,19-20H,1-2H3,(H,23,24). The predicted octanol–water partition coefficient (Wildman–Crippen LogP) is 3.32. The van der Waals surface area contributed by atoms with Gasteiger partial charge in [0.15, 0.2) is 0 Å². The molecule has 3 rings (SSSR count). The number of hydrogen-bond donors (Lipinski definition) is 3. The quantitative estimate of drug-likeness (QED) is 0.654. The van der Waals surface area contributed by atoms with Gasteiger partial charge in [-0.25, -0.2) is 9.18 Å². The highest BCUT2D eigenvalue weighted by Crippen LogP contribution is 2.30. The Morgan fingerprint density at radius 1 is 1.12 bits per heavy atom. The summed E-state index contributed by atoms with van der Waals surface area (Å²) < 4.78 is 19.3. The third kappa shape index (κ3) is 3.14. The monoisotopic (exact) mass is 342 g/mol. The smallest absolute Gasteiger partial charge is 0.335 e. The number of aromatic nitrogens is 2. The van der Waals surface area contributed by atoms with Crippen molar-refractivity contribution in [1.29, 1.82) is 0 Å². The molecule has 0 aliphatic heterocycles. The summed E-state index contributed by atoms with van der Waals surface area (Å²) in [7, 11) is 3.41. The molecule has 7 nitrogen and oxygen atoms in total. The van der Waals surface area contributed by atoms with Crippen LogP contribution in [0.25, 0.3) is 22.8 Å². The summed E-state index contributed by atoms with van der Waals surface area (Å²) in [6.45, 7) is 0. The van der Waals surface area contributed by atoms with E-state index < -0.39 is 11.8 Å². The molecule has 0 spiro atoms. The summed E-state index contributed by atoms with van der Waals surface area (Å²) in [5.74, 6) is -1.40. The molecule has 0 aliphatic carbocycles. The van der Waals surface area contributed by atoms with Crippen LogP contribution in [0.2, 0.25) is 0 Å². The van der Waals surface area contributed by atoms with Crippen molar-refractivity contribution < 1.29 is 18.8 Å². The third-order valence-electron chi connectivity index (χ3n) is 3.69. The van der Waals surface area contributed by atoms with Crippen molar-refractivity contribution in [3.05, 3.63) is 47.8 Å². The van der Waals surface area contributed by atoms with E-state index in [4.69, 9.17) is 9.63 Å². The molecule has 3 N–H and O–H groups in total. The maximum Gasteiger partial charge on any atom is 0.335 e. The predicted molar refractivity (Wildman–Crippen MR) is 91.2 cm³/mol. The van der Waals surface area contributed by atoms with Crippen LogP contribution in [0.5, 0.6) is 0 Å². The Hall–Kier alpha value is -3.42. The molecule has 0 atom stereocenters. The van der Waals surface area contributed by atoms with Crippen LogP contribution in [0.1, 0.15) is 10.4 Å². The Kier molecular flexibility index (Phi) is 4.34. The van der Waals surface area contributed by atoms with Crippen LogP contribution < -0.4 is 10.6 Å². The Labute approximate surface area is 142 Å². The van der Waals surface area contributed by atoms with Crippen LogP contribution in [-0.2, 0) is 0 Å². The molecule has 1 aromatic heterocycles. The number of aromatic carboxylic acids is 1. The van der Waals surface area contributed by atoms with E-state index in [9.17, 15) is 9.18 Å². The molecule has 128 valence electrons. The Balaban J connectivity index is 2.08. The summed E-state index contributed by atoms with van der Waals surface area (Å²) in [6, 6.07) is 8.95. The molecule has 0 saturated heterocycles. The van der Waals surface area contributed by atoms with E-state index in [1.165, 1.54) is 18.2 Å². The van der Waals surface area contributed by atoms with E-state index in [1.807, 2.05) is 0 Å². The number of halogens is 1. The van der Waals surface area contributed by atoms with E-state index in [1.54, 1.807) is 32.3 Å². The fraction of sp³-hybridized carbons (Fsp3) is 0.118. The number of carboxylic acids is 1. The molecule has 3 aromatic rings. The maximum atomic E-state index is 14.1. The van der Waals surface area contributed by atoms with E-state index in [-0.39, 0.29) is 22.8 Å². The first-order valence-corrected chi connectivity index (χ1v) is 7.40. The second-order valence-electron chi connectivity index (χ2n) is 5.18. The van der Waals surface area contributed by atoms with Crippen LogP contribution >= 0.6 is 0 Å². The molecular formula is C17H15FN4O3. The van der Waals surface area contributed by atoms with Gasteiger partial charge >= 0.3 is 5.97 Å². The van der Waals surface area contributed by atoms with Gasteiger partial charge in [-0.3, -0.25) is 0 Å². The Bertz CT molecular complexity index is 939. The lowest BCUT2D eigenvalue weighted by atomic mass is 10.1. The summed E-state index contributed by atoms with van der Waals surface area (Å²) in [4.78, 5) is 15.4. The van der Waals surface area contributed by atoms with E-state index in [2.05, 4.69) is 20.8 Å². The van der Waals surface area contributed by atoms with E-state index in [0.29, 0.717) is 16.9 Å². The number of carboxylic acid groups (broad SMARTS) is 1. The van der Waals surface area contributed by atoms with E-state index >= 15 is 0 Å². The van der Waals surface area contributed by atoms with Crippen molar-refractivity contribution in [2.24, 2.45) is 0 Å². The van der Waals surface area contributed by atoms with Gasteiger partial charge in [0.2, 0.25) is 5.82 Å². The molecule has 8 heteroatoms. The van der Waals surface area contributed by atoms with Crippen molar-refractivity contribution in [2.45, 2.75) is 0 Å². The zero-order valence-corrected chi connectivity index (χ0v) is 13.5. The third-order valence-corrected chi connectivity index (χ3v) is 3.69. The summed E-state index contributed by atoms with van der Waals surface area (Å²) in [5, 5.41) is 18.9. The van der Waals surface area contributed by atoms with Crippen LogP contribution in [0.15, 0.2) is 40.9 Å². The fourth-order valence-electron chi connectivity index (χ4n) is 2.37. The zero-order valence-electron chi connectivity index (χ0n) is 13.5. The lowest BCUT2D eigenvalue weighted by Crippen LogP contribution is -2.00. The Morgan fingerprint density at radius 3 is 2.60 bits per heavy atom. The molecule has 0 unspecified atom stereocenters. The number of rotatable bonds is 5. The average Bonchev–Trinajstić information content (AvgIpc) is 3.11. The molecule has 0 radical (unpaired) electrons. The number of nitrogens with one attached hydrogen (secondary N) is 2. The van der Waals surface area contributed by atoms with Gasteiger partial charge in [-0.15, -0.1) is 0 Å². The van der Waals surface area contributed by atoms with Crippen LogP contribution in [0.3, 0.4) is 0 Å². The van der Waals surface area contributed by atoms with Crippen molar-refractivity contribution in [3.8, 4) is 22.8 Å². The van der Waals surface area contributed by atoms with Crippen molar-refractivity contribution in [2.75, 3.05) is 24.7 Å². The molecule has 0 bridgehead atoms. The Morgan fingerprint density at radius 2 is 1.92 bits per heavy atom. The van der Waals surface area contributed by atoms with Gasteiger partial charge in [0.05, 0.1) is 11.1 Å². The minimum atomic E-state index is -1.07. The molecule has 0 aliphatic rings. The highest BCUT2D eigenvalue weighted by atomic mass is 19.1. The molecule has 1 heterocycles. The highest BCUT2D eigenvalue weighted by molar-refractivity contribution is 5.91. The van der Waals surface area contributed by atoms with Crippen molar-refractivity contribution >= 4 is 17.3 Å². The first-order chi connectivity index (χ1) is 12.0. The number of carbonyl (C=O) groups is 1. The molecule has 0 amide bonds. The zero-order chi connectivity index (χ0) is 18.0. The lowest BCUT2D eigenvalue weighted by molar-refractivity contribution is 0.0697. The van der Waals surface area contributed by atoms with Gasteiger partial charge in [0, 0.05) is 31.0 Å². The number of hydrogen-bond acceptors (Lipinski definition) is 6. The minimum absolute atomic E-state index is 0.00683. The molecule has 25 heavy (non-hydrogen) atoms. The topological polar surface area (TPSA) is 100 Å². The first-order valence-electron chi connectivity index (χ1n) is 7.40. The highest BCUT2D eigenvalue weighted by Gasteiger charge is 2.18. The minimum Gasteiger partial charge on any atom is -0.478 e. The van der Waals surface area contributed by atoms with Crippen LogP contribution in [0.4, 0.5) is 15.8 Å². The lowest BCUT2D eigenvalue weighted by Gasteiger charge is -2.06. The van der Waals surface area contributed by atoms with Gasteiger partial charge in [-0.1, -0.05) is 5.16 Å². The van der Waals surface area contributed by atoms with E-state index in [0.717, 1.165) is 0 Å². The van der Waals surface area contributed by atoms with Crippen molar-refractivity contribution in [1.82, 2.24) is 10.1 Å². The molecule has 0 fully saturated rings. The molecule has 2 aromatic carbocycles. The van der Waals surface area contributed by atoms with Gasteiger partial charge in [-0.2, -0.15) is 4.98 Å². The van der Waals surface area contributed by atoms with Crippen molar-refractivity contribution in [3.63, 3.8) is 0 Å². The molecular weight excluding hydrogens is 327 g/mol. The van der Waals surface area contributed by atoms with Crippen LogP contribution in [0, 0.1) is 5.82 Å². The van der Waals surface area contributed by atoms with Gasteiger partial charge in [0.25, 0.3) is 5.89 Å². The summed E-state index contributed by atoms with van der Waals surface area (Å²) in [5.41, 5.74) is 2.01. The van der Waals surface area contributed by atoms with Gasteiger partial charge in [0.1, 0.15) is 5.82 Å². The van der Waals surface area contributed by atoms with Gasteiger partial charge < -0.3 is 20.3 Å². The summed E-state index contributed by atoms with van der Waals surface area (Å²) in [6.07, 6.45) is 0. The number of nitrogens with zero attached hydrogens (tertiary/aromatic N) is 2. The maximum absolute atomic E-state index is 14.1. The molecule has 0 saturated carbocycles. The normalized spacial score (nSPS) is 10.5.